The fraction of sp³-hybridized carbons (Fsp3) is 0.294. The third kappa shape index (κ3) is 4.66. The fourth-order valence-corrected chi connectivity index (χ4v) is 3.04. The molecule has 1 atom stereocenters. The summed E-state index contributed by atoms with van der Waals surface area (Å²) in [5, 5.41) is 3.68. The van der Waals surface area contributed by atoms with E-state index >= 15 is 0 Å². The van der Waals surface area contributed by atoms with Gasteiger partial charge in [-0.15, -0.1) is 0 Å². The van der Waals surface area contributed by atoms with Crippen molar-refractivity contribution in [3.63, 3.8) is 0 Å². The van der Waals surface area contributed by atoms with Crippen LogP contribution in [-0.2, 0) is 6.42 Å². The second kappa shape index (κ2) is 8.11. The quantitative estimate of drug-likeness (QED) is 0.623. The molecule has 0 amide bonds. The van der Waals surface area contributed by atoms with Crippen molar-refractivity contribution in [2.75, 3.05) is 6.54 Å². The average molecular weight is 418 g/mol. The largest absolute Gasteiger partial charge is 0.310 e. The highest BCUT2D eigenvalue weighted by molar-refractivity contribution is 14.1. The molecule has 0 fully saturated rings. The van der Waals surface area contributed by atoms with E-state index in [0.717, 1.165) is 13.0 Å². The van der Waals surface area contributed by atoms with Crippen molar-refractivity contribution in [3.8, 4) is 0 Å². The third-order valence-corrected chi connectivity index (χ3v) is 4.31. The summed E-state index contributed by atoms with van der Waals surface area (Å²) in [7, 11) is 0. The van der Waals surface area contributed by atoms with Crippen LogP contribution < -0.4 is 5.32 Å². The molecule has 0 bridgehead atoms. The van der Waals surface area contributed by atoms with Crippen LogP contribution >= 0.6 is 34.2 Å². The standard InChI is InChI=1S/C17H18ClFIN/c1-2-9-21-16(12-5-3-7-14(20)10-12)11-13-6-4-8-15(18)17(13)19/h3-8,10,16,21H,2,9,11H2,1H3. The van der Waals surface area contributed by atoms with E-state index in [2.05, 4.69) is 53.0 Å². The molecule has 0 saturated heterocycles. The maximum absolute atomic E-state index is 14.1. The van der Waals surface area contributed by atoms with E-state index < -0.39 is 0 Å². The zero-order valence-electron chi connectivity index (χ0n) is 11.9. The first-order valence-electron chi connectivity index (χ1n) is 7.03. The Kier molecular flexibility index (Phi) is 6.45. The van der Waals surface area contributed by atoms with Gasteiger partial charge in [0.1, 0.15) is 5.82 Å². The molecule has 0 heterocycles. The summed E-state index contributed by atoms with van der Waals surface area (Å²) in [6, 6.07) is 13.6. The minimum Gasteiger partial charge on any atom is -0.310 e. The monoisotopic (exact) mass is 417 g/mol. The van der Waals surface area contributed by atoms with Crippen molar-refractivity contribution in [1.29, 1.82) is 0 Å². The molecule has 2 rings (SSSR count). The molecule has 0 spiro atoms. The predicted molar refractivity (Wildman–Crippen MR) is 95.3 cm³/mol. The van der Waals surface area contributed by atoms with Gasteiger partial charge in [-0.1, -0.05) is 42.8 Å². The lowest BCUT2D eigenvalue weighted by atomic mass is 9.98. The normalized spacial score (nSPS) is 12.4. The van der Waals surface area contributed by atoms with E-state index in [9.17, 15) is 4.39 Å². The summed E-state index contributed by atoms with van der Waals surface area (Å²) in [6.45, 7) is 3.02. The molecule has 1 N–H and O–H groups in total. The zero-order valence-corrected chi connectivity index (χ0v) is 14.8. The van der Waals surface area contributed by atoms with Crippen molar-refractivity contribution in [2.24, 2.45) is 0 Å². The number of hydrogen-bond acceptors (Lipinski definition) is 1. The van der Waals surface area contributed by atoms with Crippen molar-refractivity contribution < 1.29 is 4.39 Å². The molecule has 112 valence electrons. The molecule has 1 unspecified atom stereocenters. The van der Waals surface area contributed by atoms with E-state index in [1.54, 1.807) is 18.2 Å². The van der Waals surface area contributed by atoms with Gasteiger partial charge in [0.25, 0.3) is 0 Å². The van der Waals surface area contributed by atoms with Gasteiger partial charge in [0.2, 0.25) is 0 Å². The second-order valence-electron chi connectivity index (χ2n) is 4.98. The Labute approximate surface area is 144 Å². The van der Waals surface area contributed by atoms with Gasteiger partial charge in [-0.25, -0.2) is 4.39 Å². The minimum absolute atomic E-state index is 0.0904. The Morgan fingerprint density at radius 2 is 2.00 bits per heavy atom. The van der Waals surface area contributed by atoms with Crippen molar-refractivity contribution in [2.45, 2.75) is 25.8 Å². The van der Waals surface area contributed by atoms with E-state index in [-0.39, 0.29) is 16.9 Å². The first kappa shape index (κ1) is 16.7. The molecular formula is C17H18ClFIN. The summed E-state index contributed by atoms with van der Waals surface area (Å²) < 4.78 is 15.3. The Hall–Kier alpha value is -0.650. The van der Waals surface area contributed by atoms with Gasteiger partial charge in [-0.2, -0.15) is 0 Å². The van der Waals surface area contributed by atoms with Gasteiger partial charge >= 0.3 is 0 Å². The molecule has 0 aromatic heterocycles. The summed E-state index contributed by atoms with van der Waals surface area (Å²) in [5.74, 6) is -0.312. The van der Waals surface area contributed by atoms with E-state index in [0.29, 0.717) is 12.0 Å². The Bertz CT molecular complexity index is 603. The molecule has 21 heavy (non-hydrogen) atoms. The summed E-state index contributed by atoms with van der Waals surface area (Å²) in [5.41, 5.74) is 1.82. The van der Waals surface area contributed by atoms with E-state index in [4.69, 9.17) is 11.6 Å². The first-order valence-corrected chi connectivity index (χ1v) is 8.49. The SMILES string of the molecule is CCCNC(Cc1cccc(Cl)c1F)c1cccc(I)c1. The molecule has 0 radical (unpaired) electrons. The fourth-order valence-electron chi connectivity index (χ4n) is 2.28. The molecule has 2 aromatic rings. The molecule has 0 aliphatic carbocycles. The van der Waals surface area contributed by atoms with Gasteiger partial charge in [0, 0.05) is 9.61 Å². The van der Waals surface area contributed by atoms with Gasteiger partial charge in [-0.05, 0) is 71.3 Å². The van der Waals surface area contributed by atoms with Gasteiger partial charge in [0.15, 0.2) is 0 Å². The lowest BCUT2D eigenvalue weighted by Crippen LogP contribution is -2.24. The summed E-state index contributed by atoms with van der Waals surface area (Å²) in [4.78, 5) is 0. The lowest BCUT2D eigenvalue weighted by molar-refractivity contribution is 0.513. The highest BCUT2D eigenvalue weighted by Gasteiger charge is 2.15. The Balaban J connectivity index is 2.26. The van der Waals surface area contributed by atoms with Crippen LogP contribution in [0.15, 0.2) is 42.5 Å². The maximum atomic E-state index is 14.1. The molecule has 0 aliphatic heterocycles. The van der Waals surface area contributed by atoms with Crippen molar-refractivity contribution in [3.05, 3.63) is 68.0 Å². The molecule has 2 aromatic carbocycles. The minimum atomic E-state index is -0.312. The van der Waals surface area contributed by atoms with E-state index in [1.807, 2.05) is 6.07 Å². The molecule has 0 aliphatic rings. The maximum Gasteiger partial charge on any atom is 0.145 e. The van der Waals surface area contributed by atoms with Gasteiger partial charge < -0.3 is 5.32 Å². The average Bonchev–Trinajstić information content (AvgIpc) is 2.47. The van der Waals surface area contributed by atoms with Gasteiger partial charge in [0.05, 0.1) is 5.02 Å². The molecule has 1 nitrogen and oxygen atoms in total. The van der Waals surface area contributed by atoms with Crippen LogP contribution in [-0.4, -0.2) is 6.54 Å². The second-order valence-corrected chi connectivity index (χ2v) is 6.63. The summed E-state index contributed by atoms with van der Waals surface area (Å²) >= 11 is 8.17. The smallest absolute Gasteiger partial charge is 0.145 e. The predicted octanol–water partition coefficient (Wildman–Crippen LogP) is 5.37. The summed E-state index contributed by atoms with van der Waals surface area (Å²) in [6.07, 6.45) is 1.63. The van der Waals surface area contributed by atoms with Crippen LogP contribution in [0, 0.1) is 9.39 Å². The van der Waals surface area contributed by atoms with Crippen LogP contribution in [0.4, 0.5) is 4.39 Å². The van der Waals surface area contributed by atoms with Crippen LogP contribution in [0.1, 0.15) is 30.5 Å². The Morgan fingerprint density at radius 3 is 2.71 bits per heavy atom. The lowest BCUT2D eigenvalue weighted by Gasteiger charge is -2.20. The van der Waals surface area contributed by atoms with Crippen LogP contribution in [0.3, 0.4) is 0 Å². The molecule has 4 heteroatoms. The van der Waals surface area contributed by atoms with E-state index in [1.165, 1.54) is 9.13 Å². The van der Waals surface area contributed by atoms with Gasteiger partial charge in [-0.3, -0.25) is 0 Å². The number of halogens is 3. The third-order valence-electron chi connectivity index (χ3n) is 3.35. The van der Waals surface area contributed by atoms with Crippen LogP contribution in [0.2, 0.25) is 5.02 Å². The molecule has 0 saturated carbocycles. The first-order chi connectivity index (χ1) is 10.1. The topological polar surface area (TPSA) is 12.0 Å². The molecular weight excluding hydrogens is 400 g/mol. The highest BCUT2D eigenvalue weighted by atomic mass is 127. The van der Waals surface area contributed by atoms with Crippen LogP contribution in [0.5, 0.6) is 0 Å². The zero-order chi connectivity index (χ0) is 15.2. The number of benzene rings is 2. The number of rotatable bonds is 6. The number of hydrogen-bond donors (Lipinski definition) is 1. The van der Waals surface area contributed by atoms with Crippen molar-refractivity contribution >= 4 is 34.2 Å². The Morgan fingerprint density at radius 1 is 1.24 bits per heavy atom. The van der Waals surface area contributed by atoms with Crippen molar-refractivity contribution in [1.82, 2.24) is 5.32 Å². The highest BCUT2D eigenvalue weighted by Crippen LogP contribution is 2.25. The number of nitrogens with one attached hydrogen (secondary N) is 1. The van der Waals surface area contributed by atoms with Crippen LogP contribution in [0.25, 0.3) is 0 Å².